The highest BCUT2D eigenvalue weighted by atomic mass is 14.4. The molecule has 0 atom stereocenters. The monoisotopic (exact) mass is 296 g/mol. The molecule has 22 heavy (non-hydrogen) atoms. The van der Waals surface area contributed by atoms with Crippen LogP contribution in [0.4, 0.5) is 0 Å². The lowest BCUT2D eigenvalue weighted by Gasteiger charge is -2.24. The maximum Gasteiger partial charge on any atom is 0.0120 e. The van der Waals surface area contributed by atoms with Gasteiger partial charge in [-0.3, -0.25) is 0 Å². The number of hydrogen-bond acceptors (Lipinski definition) is 0. The Morgan fingerprint density at radius 2 is 1.82 bits per heavy atom. The number of allylic oxidation sites excluding steroid dienone is 5. The molecule has 0 N–H and O–H groups in total. The molecule has 0 aromatic heterocycles. The summed E-state index contributed by atoms with van der Waals surface area (Å²) >= 11 is 0. The largest absolute Gasteiger partial charge is 0.0984 e. The van der Waals surface area contributed by atoms with Crippen molar-refractivity contribution in [1.82, 2.24) is 0 Å². The van der Waals surface area contributed by atoms with Crippen LogP contribution >= 0.6 is 0 Å². The molecule has 0 bridgehead atoms. The highest BCUT2D eigenvalue weighted by molar-refractivity contribution is 5.86. The molecular formula is C22H32. The average molecular weight is 296 g/mol. The van der Waals surface area contributed by atoms with Gasteiger partial charge in [-0.1, -0.05) is 84.0 Å². The lowest BCUT2D eigenvalue weighted by atomic mass is 9.79. The van der Waals surface area contributed by atoms with Crippen molar-refractivity contribution in [3.8, 4) is 0 Å². The topological polar surface area (TPSA) is 0 Å². The lowest BCUT2D eigenvalue weighted by molar-refractivity contribution is 0.617. The molecule has 0 heterocycles. The number of hydrogen-bond donors (Lipinski definition) is 0. The molecule has 1 aliphatic rings. The maximum absolute atomic E-state index is 4.02. The van der Waals surface area contributed by atoms with Gasteiger partial charge >= 0.3 is 0 Å². The van der Waals surface area contributed by atoms with E-state index in [0.29, 0.717) is 0 Å². The fourth-order valence-corrected chi connectivity index (χ4v) is 3.49. The van der Waals surface area contributed by atoms with Gasteiger partial charge in [0, 0.05) is 5.41 Å². The molecule has 0 saturated heterocycles. The van der Waals surface area contributed by atoms with E-state index in [-0.39, 0.29) is 5.41 Å². The quantitative estimate of drug-likeness (QED) is 0.552. The van der Waals surface area contributed by atoms with Gasteiger partial charge in [0.2, 0.25) is 0 Å². The van der Waals surface area contributed by atoms with Gasteiger partial charge in [0.25, 0.3) is 0 Å². The van der Waals surface area contributed by atoms with Gasteiger partial charge in [0.15, 0.2) is 0 Å². The molecule has 0 unspecified atom stereocenters. The fourth-order valence-electron chi connectivity index (χ4n) is 3.49. The van der Waals surface area contributed by atoms with E-state index in [0.717, 1.165) is 12.8 Å². The van der Waals surface area contributed by atoms with Gasteiger partial charge < -0.3 is 0 Å². The van der Waals surface area contributed by atoms with Crippen molar-refractivity contribution in [1.29, 1.82) is 0 Å². The third kappa shape index (κ3) is 3.11. The minimum atomic E-state index is 0.121. The Morgan fingerprint density at radius 3 is 2.32 bits per heavy atom. The Kier molecular flexibility index (Phi) is 6.41. The van der Waals surface area contributed by atoms with Crippen LogP contribution in [0.2, 0.25) is 0 Å². The molecule has 1 aromatic rings. The summed E-state index contributed by atoms with van der Waals surface area (Å²) in [5.41, 5.74) is 8.51. The minimum absolute atomic E-state index is 0.121. The van der Waals surface area contributed by atoms with Crippen LogP contribution in [0.5, 0.6) is 0 Å². The van der Waals surface area contributed by atoms with Crippen molar-refractivity contribution < 1.29 is 0 Å². The number of fused-ring (bicyclic) bond motifs is 1. The smallest absolute Gasteiger partial charge is 0.0120 e. The maximum atomic E-state index is 4.02. The van der Waals surface area contributed by atoms with E-state index in [2.05, 4.69) is 65.5 Å². The first-order chi connectivity index (χ1) is 10.5. The Hall–Kier alpha value is -1.56. The van der Waals surface area contributed by atoms with Gasteiger partial charge in [0.1, 0.15) is 0 Å². The Labute approximate surface area is 137 Å². The molecule has 0 saturated carbocycles. The highest BCUT2D eigenvalue weighted by Gasteiger charge is 2.35. The SMILES string of the molecule is C=CC1=C(CC)C(C)(C)c2cc(/C(C)=C/CC)ccc21.CC. The molecule has 0 heteroatoms. The second-order valence-corrected chi connectivity index (χ2v) is 6.13. The molecular weight excluding hydrogens is 264 g/mol. The van der Waals surface area contributed by atoms with E-state index in [9.17, 15) is 0 Å². The first-order valence-electron chi connectivity index (χ1n) is 8.65. The molecule has 1 aromatic carbocycles. The summed E-state index contributed by atoms with van der Waals surface area (Å²) < 4.78 is 0. The normalized spacial score (nSPS) is 16.0. The Balaban J connectivity index is 0.00000116. The summed E-state index contributed by atoms with van der Waals surface area (Å²) in [6, 6.07) is 6.90. The van der Waals surface area contributed by atoms with Crippen molar-refractivity contribution in [3.63, 3.8) is 0 Å². The van der Waals surface area contributed by atoms with Crippen LogP contribution in [-0.2, 0) is 5.41 Å². The van der Waals surface area contributed by atoms with E-state index in [1.165, 1.54) is 33.4 Å². The molecule has 0 spiro atoms. The van der Waals surface area contributed by atoms with E-state index in [1.54, 1.807) is 0 Å². The second-order valence-electron chi connectivity index (χ2n) is 6.13. The fraction of sp³-hybridized carbons (Fsp3) is 0.455. The molecule has 2 rings (SSSR count). The average Bonchev–Trinajstić information content (AvgIpc) is 2.75. The molecule has 0 radical (unpaired) electrons. The first-order valence-corrected chi connectivity index (χ1v) is 8.65. The number of rotatable bonds is 4. The van der Waals surface area contributed by atoms with Crippen LogP contribution in [0.3, 0.4) is 0 Å². The minimum Gasteiger partial charge on any atom is -0.0984 e. The van der Waals surface area contributed by atoms with Gasteiger partial charge in [0.05, 0.1) is 0 Å². The molecule has 0 fully saturated rings. The third-order valence-corrected chi connectivity index (χ3v) is 4.59. The first kappa shape index (κ1) is 18.5. The van der Waals surface area contributed by atoms with Crippen LogP contribution in [0, 0.1) is 0 Å². The van der Waals surface area contributed by atoms with Crippen molar-refractivity contribution in [2.45, 2.75) is 66.7 Å². The van der Waals surface area contributed by atoms with E-state index < -0.39 is 0 Å². The predicted octanol–water partition coefficient (Wildman–Crippen LogP) is 7.17. The van der Waals surface area contributed by atoms with Gasteiger partial charge in [-0.25, -0.2) is 0 Å². The zero-order chi connectivity index (χ0) is 16.9. The molecule has 120 valence electrons. The van der Waals surface area contributed by atoms with Gasteiger partial charge in [-0.05, 0) is 47.6 Å². The molecule has 0 amide bonds. The third-order valence-electron chi connectivity index (χ3n) is 4.59. The summed E-state index contributed by atoms with van der Waals surface area (Å²) in [5.74, 6) is 0. The van der Waals surface area contributed by atoms with Crippen LogP contribution in [-0.4, -0.2) is 0 Å². The van der Waals surface area contributed by atoms with Crippen molar-refractivity contribution in [2.75, 3.05) is 0 Å². The zero-order valence-corrected chi connectivity index (χ0v) is 15.5. The van der Waals surface area contributed by atoms with Crippen LogP contribution in [0.1, 0.15) is 78.0 Å². The van der Waals surface area contributed by atoms with Crippen molar-refractivity contribution in [3.05, 3.63) is 59.2 Å². The molecule has 0 nitrogen and oxygen atoms in total. The Morgan fingerprint density at radius 1 is 1.18 bits per heavy atom. The summed E-state index contributed by atoms with van der Waals surface area (Å²) in [6.07, 6.45) is 6.50. The summed E-state index contributed by atoms with van der Waals surface area (Å²) in [7, 11) is 0. The van der Waals surface area contributed by atoms with Crippen LogP contribution < -0.4 is 0 Å². The highest BCUT2D eigenvalue weighted by Crippen LogP contribution is 2.48. The Bertz CT molecular complexity index is 594. The van der Waals surface area contributed by atoms with Gasteiger partial charge in [-0.2, -0.15) is 0 Å². The lowest BCUT2D eigenvalue weighted by Crippen LogP contribution is -2.17. The van der Waals surface area contributed by atoms with Gasteiger partial charge in [-0.15, -0.1) is 0 Å². The van der Waals surface area contributed by atoms with E-state index in [4.69, 9.17) is 0 Å². The summed E-state index contributed by atoms with van der Waals surface area (Å²) in [6.45, 7) is 19.3. The van der Waals surface area contributed by atoms with Crippen molar-refractivity contribution in [2.24, 2.45) is 0 Å². The van der Waals surface area contributed by atoms with Crippen LogP contribution in [0.25, 0.3) is 11.1 Å². The molecule has 1 aliphatic carbocycles. The van der Waals surface area contributed by atoms with E-state index >= 15 is 0 Å². The van der Waals surface area contributed by atoms with Crippen LogP contribution in [0.15, 0.2) is 42.5 Å². The summed E-state index contributed by atoms with van der Waals surface area (Å²) in [5, 5.41) is 0. The zero-order valence-electron chi connectivity index (χ0n) is 15.5. The number of benzene rings is 1. The van der Waals surface area contributed by atoms with Crippen molar-refractivity contribution >= 4 is 11.1 Å². The summed E-state index contributed by atoms with van der Waals surface area (Å²) in [4.78, 5) is 0. The van der Waals surface area contributed by atoms with E-state index in [1.807, 2.05) is 19.9 Å². The standard InChI is InChI=1S/C20H26.C2H6/c1-7-10-14(4)15-11-12-17-16(8-2)18(9-3)20(5,6)19(17)13-15;1-2/h8,10-13H,2,7,9H2,1,3-6H3;1-2H3/b14-10+;. The predicted molar refractivity (Wildman–Crippen MR) is 102 cm³/mol. The second kappa shape index (κ2) is 7.63. The molecule has 0 aliphatic heterocycles.